The van der Waals surface area contributed by atoms with Crippen LogP contribution in [-0.4, -0.2) is 71.1 Å². The molecule has 1 aromatic heterocycles. The second-order valence-electron chi connectivity index (χ2n) is 6.66. The molecule has 0 aromatic carbocycles. The van der Waals surface area contributed by atoms with Crippen molar-refractivity contribution in [2.24, 2.45) is 0 Å². The molecule has 0 fully saturated rings. The standard InChI is InChI=1S/C18H33N9O6/c1-4-19-13(28)22-7-10-25-16(31)26(11-8-23-14(29)20-5-2)18(33)27(17(25)32)12-9-24-15(30)21-6-3/h4-12H2,1-3H3,(H2,19,22,28)(H2,20,23,29)(H2,21,24,30). The molecule has 0 unspecified atom stereocenters. The van der Waals surface area contributed by atoms with Crippen LogP contribution >= 0.6 is 0 Å². The molecule has 33 heavy (non-hydrogen) atoms. The summed E-state index contributed by atoms with van der Waals surface area (Å²) >= 11 is 0. The molecule has 6 amide bonds. The second kappa shape index (κ2) is 14.3. The maximum Gasteiger partial charge on any atom is 0.336 e. The Bertz CT molecular complexity index is 827. The van der Waals surface area contributed by atoms with E-state index in [0.717, 1.165) is 13.7 Å². The van der Waals surface area contributed by atoms with Crippen LogP contribution in [0.15, 0.2) is 14.4 Å². The van der Waals surface area contributed by atoms with Crippen LogP contribution in [-0.2, 0) is 19.6 Å². The minimum atomic E-state index is -0.867. The first-order chi connectivity index (χ1) is 15.8. The Kier molecular flexibility index (Phi) is 11.8. The minimum absolute atomic E-state index is 0.0342. The molecule has 0 atom stereocenters. The zero-order valence-corrected chi connectivity index (χ0v) is 19.2. The molecule has 1 heterocycles. The summed E-state index contributed by atoms with van der Waals surface area (Å²) in [7, 11) is 0. The summed E-state index contributed by atoms with van der Waals surface area (Å²) in [6.07, 6.45) is 0. The fourth-order valence-electron chi connectivity index (χ4n) is 2.77. The lowest BCUT2D eigenvalue weighted by Gasteiger charge is -2.15. The van der Waals surface area contributed by atoms with E-state index in [1.54, 1.807) is 20.8 Å². The van der Waals surface area contributed by atoms with Gasteiger partial charge in [0.25, 0.3) is 0 Å². The van der Waals surface area contributed by atoms with Crippen molar-refractivity contribution in [2.45, 2.75) is 40.4 Å². The number of amides is 6. The maximum absolute atomic E-state index is 12.8. The Balaban J connectivity index is 3.13. The van der Waals surface area contributed by atoms with Crippen molar-refractivity contribution in [2.75, 3.05) is 39.3 Å². The highest BCUT2D eigenvalue weighted by molar-refractivity contribution is 5.74. The predicted octanol–water partition coefficient (Wildman–Crippen LogP) is -2.87. The highest BCUT2D eigenvalue weighted by Gasteiger charge is 2.16. The fourth-order valence-corrected chi connectivity index (χ4v) is 2.77. The van der Waals surface area contributed by atoms with Gasteiger partial charge in [-0.25, -0.2) is 42.5 Å². The predicted molar refractivity (Wildman–Crippen MR) is 120 cm³/mol. The van der Waals surface area contributed by atoms with Crippen molar-refractivity contribution in [3.05, 3.63) is 31.5 Å². The van der Waals surface area contributed by atoms with E-state index in [4.69, 9.17) is 0 Å². The van der Waals surface area contributed by atoms with Crippen LogP contribution < -0.4 is 49.0 Å². The summed E-state index contributed by atoms with van der Waals surface area (Å²) < 4.78 is 2.48. The first-order valence-corrected chi connectivity index (χ1v) is 10.8. The number of hydrogen-bond donors (Lipinski definition) is 6. The molecule has 15 nitrogen and oxygen atoms in total. The van der Waals surface area contributed by atoms with Crippen LogP contribution in [0, 0.1) is 0 Å². The van der Waals surface area contributed by atoms with Crippen LogP contribution in [0.1, 0.15) is 20.8 Å². The molecule has 186 valence electrons. The second-order valence-corrected chi connectivity index (χ2v) is 6.66. The van der Waals surface area contributed by atoms with Gasteiger partial charge in [0.15, 0.2) is 0 Å². The topological polar surface area (TPSA) is 189 Å². The fraction of sp³-hybridized carbons (Fsp3) is 0.667. The largest absolute Gasteiger partial charge is 0.338 e. The Morgan fingerprint density at radius 2 is 0.758 bits per heavy atom. The van der Waals surface area contributed by atoms with Crippen LogP contribution in [0.25, 0.3) is 0 Å². The first-order valence-electron chi connectivity index (χ1n) is 10.8. The normalized spacial score (nSPS) is 10.3. The molecule has 15 heteroatoms. The molecular formula is C18H33N9O6. The lowest BCUT2D eigenvalue weighted by Crippen LogP contribution is -2.57. The van der Waals surface area contributed by atoms with E-state index in [1.165, 1.54) is 0 Å². The number of aromatic nitrogens is 3. The summed E-state index contributed by atoms with van der Waals surface area (Å²) in [5.41, 5.74) is -2.60. The van der Waals surface area contributed by atoms with Gasteiger partial charge in [-0.1, -0.05) is 0 Å². The molecule has 6 N–H and O–H groups in total. The van der Waals surface area contributed by atoms with E-state index in [0.29, 0.717) is 19.6 Å². The molecule has 0 radical (unpaired) electrons. The van der Waals surface area contributed by atoms with E-state index in [-0.39, 0.29) is 39.3 Å². The summed E-state index contributed by atoms with van der Waals surface area (Å²) in [5, 5.41) is 15.1. The number of nitrogens with one attached hydrogen (secondary N) is 6. The third-order valence-corrected chi connectivity index (χ3v) is 4.26. The number of urea groups is 3. The van der Waals surface area contributed by atoms with Crippen molar-refractivity contribution in [1.29, 1.82) is 0 Å². The van der Waals surface area contributed by atoms with Crippen LogP contribution in [0.2, 0.25) is 0 Å². The molecule has 0 saturated heterocycles. The minimum Gasteiger partial charge on any atom is -0.338 e. The van der Waals surface area contributed by atoms with Crippen LogP contribution in [0.5, 0.6) is 0 Å². The summed E-state index contributed by atoms with van der Waals surface area (Å²) in [4.78, 5) is 73.1. The zero-order chi connectivity index (χ0) is 24.8. The van der Waals surface area contributed by atoms with Crippen LogP contribution in [0.4, 0.5) is 14.4 Å². The van der Waals surface area contributed by atoms with E-state index in [2.05, 4.69) is 31.9 Å². The number of nitrogens with zero attached hydrogens (tertiary/aromatic N) is 3. The number of carbonyl (C=O) groups excluding carboxylic acids is 3. The molecule has 0 aliphatic heterocycles. The molecule has 0 aliphatic rings. The Morgan fingerprint density at radius 1 is 0.515 bits per heavy atom. The number of rotatable bonds is 12. The van der Waals surface area contributed by atoms with E-state index < -0.39 is 35.2 Å². The number of carbonyl (C=O) groups is 3. The lowest BCUT2D eigenvalue weighted by molar-refractivity contribution is 0.240. The van der Waals surface area contributed by atoms with Gasteiger partial charge in [0.05, 0.1) is 0 Å². The molecule has 0 spiro atoms. The molecule has 0 aliphatic carbocycles. The molecular weight excluding hydrogens is 438 g/mol. The van der Waals surface area contributed by atoms with E-state index in [9.17, 15) is 28.8 Å². The smallest absolute Gasteiger partial charge is 0.336 e. The Labute approximate surface area is 189 Å². The Morgan fingerprint density at radius 3 is 0.970 bits per heavy atom. The zero-order valence-electron chi connectivity index (χ0n) is 19.2. The van der Waals surface area contributed by atoms with Crippen molar-refractivity contribution in [3.63, 3.8) is 0 Å². The van der Waals surface area contributed by atoms with Crippen molar-refractivity contribution < 1.29 is 14.4 Å². The molecule has 1 rings (SSSR count). The quantitative estimate of drug-likeness (QED) is 0.190. The summed E-state index contributed by atoms with van der Waals surface area (Å²) in [6.45, 7) is 5.79. The van der Waals surface area contributed by atoms with E-state index in [1.807, 2.05) is 0 Å². The van der Waals surface area contributed by atoms with Crippen LogP contribution in [0.3, 0.4) is 0 Å². The van der Waals surface area contributed by atoms with Gasteiger partial charge in [-0.2, -0.15) is 0 Å². The average molecular weight is 472 g/mol. The number of hydrogen-bond acceptors (Lipinski definition) is 6. The molecule has 0 saturated carbocycles. The van der Waals surface area contributed by atoms with E-state index >= 15 is 0 Å². The van der Waals surface area contributed by atoms with Gasteiger partial charge < -0.3 is 31.9 Å². The third-order valence-electron chi connectivity index (χ3n) is 4.26. The van der Waals surface area contributed by atoms with Crippen molar-refractivity contribution in [1.82, 2.24) is 45.6 Å². The first kappa shape index (κ1) is 27.3. The summed E-state index contributed by atoms with van der Waals surface area (Å²) in [6, 6.07) is -1.38. The molecule has 1 aromatic rings. The third kappa shape index (κ3) is 8.70. The van der Waals surface area contributed by atoms with Gasteiger partial charge in [0, 0.05) is 58.9 Å². The monoisotopic (exact) mass is 471 g/mol. The van der Waals surface area contributed by atoms with Gasteiger partial charge in [-0.3, -0.25) is 0 Å². The summed E-state index contributed by atoms with van der Waals surface area (Å²) in [5.74, 6) is 0. The molecule has 0 bridgehead atoms. The SMILES string of the molecule is CCNC(=O)NCCn1c(=O)n(CCNC(=O)NCC)c(=O)n(CCNC(=O)NCC)c1=O. The van der Waals surface area contributed by atoms with Gasteiger partial charge in [0.1, 0.15) is 0 Å². The van der Waals surface area contributed by atoms with Crippen molar-refractivity contribution in [3.8, 4) is 0 Å². The highest BCUT2D eigenvalue weighted by atomic mass is 16.2. The van der Waals surface area contributed by atoms with Gasteiger partial charge in [-0.15, -0.1) is 0 Å². The van der Waals surface area contributed by atoms with Gasteiger partial charge in [0.2, 0.25) is 0 Å². The highest BCUT2D eigenvalue weighted by Crippen LogP contribution is 1.79. The maximum atomic E-state index is 12.8. The average Bonchev–Trinajstić information content (AvgIpc) is 2.76. The lowest BCUT2D eigenvalue weighted by atomic mass is 10.5. The van der Waals surface area contributed by atoms with Gasteiger partial charge >= 0.3 is 35.2 Å². The van der Waals surface area contributed by atoms with Crippen molar-refractivity contribution >= 4 is 18.1 Å². The Hall–Kier alpha value is -3.78. The van der Waals surface area contributed by atoms with Gasteiger partial charge in [-0.05, 0) is 20.8 Å².